The summed E-state index contributed by atoms with van der Waals surface area (Å²) >= 11 is 0. The molecule has 0 aromatic carbocycles. The van der Waals surface area contributed by atoms with Crippen molar-refractivity contribution in [3.05, 3.63) is 29.7 Å². The molecule has 1 aliphatic rings. The number of carbonyl (C=O) groups excluding carboxylic acids is 1. The zero-order chi connectivity index (χ0) is 22.2. The normalized spacial score (nSPS) is 19.4. The Balaban J connectivity index is 1.89. The maximum Gasteiger partial charge on any atom is 0.407 e. The summed E-state index contributed by atoms with van der Waals surface area (Å²) in [4.78, 5) is 16.8. The van der Waals surface area contributed by atoms with Crippen LogP contribution in [0.3, 0.4) is 0 Å². The van der Waals surface area contributed by atoms with Crippen molar-refractivity contribution in [2.24, 2.45) is 5.73 Å². The van der Waals surface area contributed by atoms with E-state index in [-0.39, 0.29) is 32.3 Å². The maximum absolute atomic E-state index is 13.9. The number of alkyl halides is 2. The summed E-state index contributed by atoms with van der Waals surface area (Å²) in [6.07, 6.45) is 1.75. The molecule has 2 aromatic heterocycles. The van der Waals surface area contributed by atoms with E-state index in [4.69, 9.17) is 15.2 Å². The standard InChI is InChI=1S/C20H29F2N5O3/c1-18(2,3)26-17(28)30-12-19(5-7-20(21,22)8-6-19)14-11-27-15(25-14)9-13(10-24-27)16(23)29-4/h9-11,16H,5-8,12,23H2,1-4H3,(H,26,28)/t16-/m0/s1. The Hall–Kier alpha value is -2.33. The van der Waals surface area contributed by atoms with Gasteiger partial charge in [0.2, 0.25) is 5.92 Å². The third kappa shape index (κ3) is 5.04. The number of fused-ring (bicyclic) bond motifs is 1. The Kier molecular flexibility index (Phi) is 6.01. The van der Waals surface area contributed by atoms with E-state index in [0.29, 0.717) is 16.9 Å². The lowest BCUT2D eigenvalue weighted by Gasteiger charge is -2.38. The molecule has 2 heterocycles. The van der Waals surface area contributed by atoms with Crippen molar-refractivity contribution in [2.75, 3.05) is 13.7 Å². The van der Waals surface area contributed by atoms with Crippen LogP contribution in [0.5, 0.6) is 0 Å². The van der Waals surface area contributed by atoms with Gasteiger partial charge in [-0.1, -0.05) is 0 Å². The second-order valence-corrected chi connectivity index (χ2v) is 8.96. The molecule has 3 rings (SSSR count). The van der Waals surface area contributed by atoms with Gasteiger partial charge < -0.3 is 20.5 Å². The molecule has 0 bridgehead atoms. The maximum atomic E-state index is 13.9. The number of nitrogens with zero attached hydrogens (tertiary/aromatic N) is 3. The summed E-state index contributed by atoms with van der Waals surface area (Å²) in [5, 5.41) is 7.02. The van der Waals surface area contributed by atoms with Crippen LogP contribution in [-0.2, 0) is 14.9 Å². The highest BCUT2D eigenvalue weighted by atomic mass is 19.3. The number of rotatable bonds is 5. The number of amides is 1. The van der Waals surface area contributed by atoms with E-state index in [1.54, 1.807) is 23.0 Å². The van der Waals surface area contributed by atoms with Crippen LogP contribution in [0.2, 0.25) is 0 Å². The van der Waals surface area contributed by atoms with E-state index in [0.717, 1.165) is 0 Å². The highest BCUT2D eigenvalue weighted by Gasteiger charge is 2.46. The summed E-state index contributed by atoms with van der Waals surface area (Å²) in [6.45, 7) is 5.46. The molecule has 1 amide bonds. The Morgan fingerprint density at radius 3 is 2.60 bits per heavy atom. The molecule has 2 aromatic rings. The fraction of sp³-hybridized carbons (Fsp3) is 0.650. The third-order valence-electron chi connectivity index (χ3n) is 5.36. The Labute approximate surface area is 174 Å². The van der Waals surface area contributed by atoms with E-state index in [1.165, 1.54) is 7.11 Å². The lowest BCUT2D eigenvalue weighted by Crippen LogP contribution is -2.45. The number of hydrogen-bond acceptors (Lipinski definition) is 6. The van der Waals surface area contributed by atoms with Crippen molar-refractivity contribution in [2.45, 2.75) is 69.6 Å². The molecule has 1 fully saturated rings. The fourth-order valence-electron chi connectivity index (χ4n) is 3.55. The first-order valence-corrected chi connectivity index (χ1v) is 9.90. The highest BCUT2D eigenvalue weighted by Crippen LogP contribution is 2.45. The molecular weight excluding hydrogens is 396 g/mol. The second kappa shape index (κ2) is 8.07. The van der Waals surface area contributed by atoms with Crippen molar-refractivity contribution in [3.8, 4) is 0 Å². The summed E-state index contributed by atoms with van der Waals surface area (Å²) in [6, 6.07) is 1.74. The van der Waals surface area contributed by atoms with E-state index in [1.807, 2.05) is 20.8 Å². The molecule has 1 atom stereocenters. The van der Waals surface area contributed by atoms with Gasteiger partial charge in [-0.25, -0.2) is 23.1 Å². The van der Waals surface area contributed by atoms with Gasteiger partial charge in [0.25, 0.3) is 0 Å². The minimum Gasteiger partial charge on any atom is -0.449 e. The molecule has 0 spiro atoms. The first-order chi connectivity index (χ1) is 13.9. The molecule has 166 valence electrons. The van der Waals surface area contributed by atoms with Gasteiger partial charge in [0.15, 0.2) is 5.65 Å². The number of aromatic nitrogens is 3. The van der Waals surface area contributed by atoms with Gasteiger partial charge in [0.05, 0.1) is 18.1 Å². The number of nitrogens with one attached hydrogen (secondary N) is 1. The first kappa shape index (κ1) is 22.4. The van der Waals surface area contributed by atoms with E-state index in [2.05, 4.69) is 15.4 Å². The molecule has 1 saturated carbocycles. The van der Waals surface area contributed by atoms with Crippen LogP contribution in [0.1, 0.15) is 63.9 Å². The zero-order valence-corrected chi connectivity index (χ0v) is 17.7. The number of imidazole rings is 1. The predicted octanol–water partition coefficient (Wildman–Crippen LogP) is 3.30. The van der Waals surface area contributed by atoms with Crippen molar-refractivity contribution in [1.29, 1.82) is 0 Å². The average molecular weight is 425 g/mol. The van der Waals surface area contributed by atoms with Crippen LogP contribution >= 0.6 is 0 Å². The number of hydrogen-bond donors (Lipinski definition) is 2. The van der Waals surface area contributed by atoms with Gasteiger partial charge in [0, 0.05) is 36.5 Å². The molecule has 0 radical (unpaired) electrons. The molecule has 3 N–H and O–H groups in total. The first-order valence-electron chi connectivity index (χ1n) is 9.90. The minimum absolute atomic E-state index is 0.0423. The van der Waals surface area contributed by atoms with Crippen molar-refractivity contribution in [1.82, 2.24) is 19.9 Å². The third-order valence-corrected chi connectivity index (χ3v) is 5.36. The molecule has 0 saturated heterocycles. The Morgan fingerprint density at radius 1 is 1.33 bits per heavy atom. The van der Waals surface area contributed by atoms with Crippen LogP contribution in [0, 0.1) is 0 Å². The number of alkyl carbamates (subject to hydrolysis) is 1. The van der Waals surface area contributed by atoms with Gasteiger partial charge >= 0.3 is 6.09 Å². The van der Waals surface area contributed by atoms with E-state index >= 15 is 0 Å². The fourth-order valence-corrected chi connectivity index (χ4v) is 3.55. The van der Waals surface area contributed by atoms with Crippen LogP contribution in [-0.4, -0.2) is 45.9 Å². The summed E-state index contributed by atoms with van der Waals surface area (Å²) in [5.41, 5.74) is 6.33. The van der Waals surface area contributed by atoms with Gasteiger partial charge in [-0.3, -0.25) is 0 Å². The van der Waals surface area contributed by atoms with Crippen molar-refractivity contribution >= 4 is 11.7 Å². The molecule has 30 heavy (non-hydrogen) atoms. The summed E-state index contributed by atoms with van der Waals surface area (Å²) < 4.78 is 39.9. The van der Waals surface area contributed by atoms with Gasteiger partial charge in [-0.15, -0.1) is 0 Å². The number of methoxy groups -OCH3 is 1. The number of nitrogens with two attached hydrogens (primary N) is 1. The topological polar surface area (TPSA) is 104 Å². The smallest absolute Gasteiger partial charge is 0.407 e. The predicted molar refractivity (Wildman–Crippen MR) is 106 cm³/mol. The quantitative estimate of drug-likeness (QED) is 0.713. The number of carbonyl (C=O) groups is 1. The molecule has 1 aliphatic carbocycles. The van der Waals surface area contributed by atoms with Crippen LogP contribution in [0.15, 0.2) is 18.5 Å². The number of halogens is 2. The average Bonchev–Trinajstić information content (AvgIpc) is 3.09. The van der Waals surface area contributed by atoms with Crippen molar-refractivity contribution < 1.29 is 23.0 Å². The lowest BCUT2D eigenvalue weighted by atomic mass is 9.71. The Bertz CT molecular complexity index is 899. The lowest BCUT2D eigenvalue weighted by molar-refractivity contribution is -0.0605. The van der Waals surface area contributed by atoms with Crippen LogP contribution in [0.4, 0.5) is 13.6 Å². The molecule has 0 unspecified atom stereocenters. The largest absolute Gasteiger partial charge is 0.449 e. The Morgan fingerprint density at radius 2 is 2.00 bits per heavy atom. The second-order valence-electron chi connectivity index (χ2n) is 8.96. The molecule has 10 heteroatoms. The summed E-state index contributed by atoms with van der Waals surface area (Å²) in [5.74, 6) is -2.73. The van der Waals surface area contributed by atoms with Gasteiger partial charge in [-0.2, -0.15) is 5.10 Å². The van der Waals surface area contributed by atoms with E-state index in [9.17, 15) is 13.6 Å². The zero-order valence-electron chi connectivity index (χ0n) is 17.7. The molecule has 8 nitrogen and oxygen atoms in total. The molecular formula is C20H29F2N5O3. The monoisotopic (exact) mass is 425 g/mol. The minimum atomic E-state index is -2.73. The van der Waals surface area contributed by atoms with Gasteiger partial charge in [0.1, 0.15) is 12.8 Å². The molecule has 0 aliphatic heterocycles. The van der Waals surface area contributed by atoms with Crippen LogP contribution in [0.25, 0.3) is 5.65 Å². The number of ether oxygens (including phenoxy) is 2. The van der Waals surface area contributed by atoms with Crippen molar-refractivity contribution in [3.63, 3.8) is 0 Å². The van der Waals surface area contributed by atoms with Crippen LogP contribution < -0.4 is 11.1 Å². The SMILES string of the molecule is CO[C@H](N)c1cnn2cc(C3(COC(=O)NC(C)(C)C)CCC(F)(F)CC3)nc2c1. The van der Waals surface area contributed by atoms with E-state index < -0.39 is 29.2 Å². The highest BCUT2D eigenvalue weighted by molar-refractivity contribution is 5.68. The van der Waals surface area contributed by atoms with Gasteiger partial charge in [-0.05, 0) is 39.7 Å². The summed E-state index contributed by atoms with van der Waals surface area (Å²) in [7, 11) is 1.49.